The van der Waals surface area contributed by atoms with Crippen molar-refractivity contribution in [3.63, 3.8) is 0 Å². The van der Waals surface area contributed by atoms with E-state index in [0.29, 0.717) is 16.5 Å². The van der Waals surface area contributed by atoms with Crippen LogP contribution in [0.3, 0.4) is 0 Å². The van der Waals surface area contributed by atoms with Gasteiger partial charge in [0.25, 0.3) is 0 Å². The minimum absolute atomic E-state index is 0.387. The lowest BCUT2D eigenvalue weighted by Crippen LogP contribution is -2.09. The quantitative estimate of drug-likeness (QED) is 0.890. The van der Waals surface area contributed by atoms with Crippen molar-refractivity contribution in [1.29, 1.82) is 0 Å². The molecule has 0 bridgehead atoms. The monoisotopic (exact) mass is 274 g/mol. The molecule has 2 nitrogen and oxygen atoms in total. The van der Waals surface area contributed by atoms with Crippen LogP contribution < -0.4 is 5.32 Å². The van der Waals surface area contributed by atoms with E-state index >= 15 is 0 Å². The second-order valence-electron chi connectivity index (χ2n) is 4.37. The number of hydrogen-bond donors (Lipinski definition) is 1. The summed E-state index contributed by atoms with van der Waals surface area (Å²) in [4.78, 5) is 4.23. The molecule has 1 fully saturated rings. The normalized spacial score (nSPS) is 23.3. The van der Waals surface area contributed by atoms with E-state index in [-0.39, 0.29) is 0 Å². The lowest BCUT2D eigenvalue weighted by molar-refractivity contribution is 0.630. The maximum Gasteiger partial charge on any atom is 0.145 e. The Morgan fingerprint density at radius 1 is 1.64 bits per heavy atom. The molecule has 1 unspecified atom stereocenters. The average molecular weight is 276 g/mol. The highest BCUT2D eigenvalue weighted by Crippen LogP contribution is 2.46. The summed E-state index contributed by atoms with van der Waals surface area (Å²) in [5.41, 5.74) is 0.387. The topological polar surface area (TPSA) is 24.9 Å². The Bertz CT molecular complexity index is 365. The first-order chi connectivity index (χ1) is 6.49. The zero-order valence-electron chi connectivity index (χ0n) is 8.14. The molecule has 76 valence electrons. The van der Waals surface area contributed by atoms with Crippen LogP contribution in [0, 0.1) is 5.41 Å². The predicted octanol–water partition coefficient (Wildman–Crippen LogP) is 3.71. The van der Waals surface area contributed by atoms with Gasteiger partial charge in [-0.2, -0.15) is 0 Å². The van der Waals surface area contributed by atoms with Crippen LogP contribution in [-0.2, 0) is 0 Å². The average Bonchev–Trinajstić information content (AvgIpc) is 2.65. The van der Waals surface area contributed by atoms with Crippen LogP contribution in [0.4, 0.5) is 5.82 Å². The van der Waals surface area contributed by atoms with E-state index in [9.17, 15) is 0 Å². The number of pyridine rings is 1. The van der Waals surface area contributed by atoms with Crippen molar-refractivity contribution in [3.8, 4) is 0 Å². The van der Waals surface area contributed by atoms with Gasteiger partial charge in [-0.05, 0) is 33.8 Å². The van der Waals surface area contributed by atoms with Crippen LogP contribution in [0.1, 0.15) is 20.3 Å². The molecule has 1 aromatic rings. The number of nitrogens with one attached hydrogen (secondary N) is 1. The highest BCUT2D eigenvalue weighted by Gasteiger charge is 2.46. The molecular formula is C10H12BrClN2. The highest BCUT2D eigenvalue weighted by molar-refractivity contribution is 9.10. The third-order valence-corrected chi connectivity index (χ3v) is 3.35. The van der Waals surface area contributed by atoms with Crippen LogP contribution in [0.25, 0.3) is 0 Å². The SMILES string of the molecule is CC1(C)CC1Nc1ncc(Br)cc1Cl. The van der Waals surface area contributed by atoms with Crippen LogP contribution in [0.5, 0.6) is 0 Å². The van der Waals surface area contributed by atoms with Gasteiger partial charge in [-0.3, -0.25) is 0 Å². The smallest absolute Gasteiger partial charge is 0.145 e. The van der Waals surface area contributed by atoms with Crippen molar-refractivity contribution in [2.75, 3.05) is 5.32 Å². The predicted molar refractivity (Wildman–Crippen MR) is 62.8 cm³/mol. The largest absolute Gasteiger partial charge is 0.366 e. The Labute approximate surface area is 97.2 Å². The lowest BCUT2D eigenvalue weighted by atomic mass is 10.2. The number of hydrogen-bond acceptors (Lipinski definition) is 2. The molecule has 1 atom stereocenters. The second-order valence-corrected chi connectivity index (χ2v) is 5.70. The van der Waals surface area contributed by atoms with E-state index in [2.05, 4.69) is 40.1 Å². The fourth-order valence-corrected chi connectivity index (χ4v) is 2.08. The summed E-state index contributed by atoms with van der Waals surface area (Å²) >= 11 is 9.37. The fraction of sp³-hybridized carbons (Fsp3) is 0.500. The fourth-order valence-electron chi connectivity index (χ4n) is 1.40. The Morgan fingerprint density at radius 3 is 2.79 bits per heavy atom. The van der Waals surface area contributed by atoms with Crippen molar-refractivity contribution in [3.05, 3.63) is 21.8 Å². The molecule has 2 rings (SSSR count). The first-order valence-electron chi connectivity index (χ1n) is 4.56. The molecule has 1 aromatic heterocycles. The van der Waals surface area contributed by atoms with E-state index < -0.39 is 0 Å². The van der Waals surface area contributed by atoms with Gasteiger partial charge < -0.3 is 5.32 Å². The van der Waals surface area contributed by atoms with Gasteiger partial charge in [0.1, 0.15) is 5.82 Å². The number of aromatic nitrogens is 1. The van der Waals surface area contributed by atoms with Gasteiger partial charge in [0.05, 0.1) is 5.02 Å². The molecule has 0 amide bonds. The molecular weight excluding hydrogens is 263 g/mol. The first kappa shape index (κ1) is 10.2. The summed E-state index contributed by atoms with van der Waals surface area (Å²) in [5, 5.41) is 4.01. The maximum atomic E-state index is 6.04. The van der Waals surface area contributed by atoms with Crippen LogP contribution in [0.15, 0.2) is 16.7 Å². The molecule has 1 heterocycles. The Balaban J connectivity index is 2.11. The molecule has 1 saturated carbocycles. The zero-order chi connectivity index (χ0) is 10.3. The van der Waals surface area contributed by atoms with Gasteiger partial charge in [-0.15, -0.1) is 0 Å². The number of nitrogens with zero attached hydrogens (tertiary/aromatic N) is 1. The summed E-state index contributed by atoms with van der Waals surface area (Å²) < 4.78 is 0.906. The van der Waals surface area contributed by atoms with Crippen molar-refractivity contribution >= 4 is 33.3 Å². The van der Waals surface area contributed by atoms with Gasteiger partial charge in [-0.25, -0.2) is 4.98 Å². The van der Waals surface area contributed by atoms with Gasteiger partial charge >= 0.3 is 0 Å². The second kappa shape index (κ2) is 3.38. The zero-order valence-corrected chi connectivity index (χ0v) is 10.5. The standard InChI is InChI=1S/C10H12BrClN2/c1-10(2)4-8(10)14-9-7(12)3-6(11)5-13-9/h3,5,8H,4H2,1-2H3,(H,13,14). The van der Waals surface area contributed by atoms with Crippen molar-refractivity contribution < 1.29 is 0 Å². The minimum Gasteiger partial charge on any atom is -0.366 e. The van der Waals surface area contributed by atoms with Gasteiger partial charge in [0, 0.05) is 16.7 Å². The molecule has 0 aliphatic heterocycles. The molecule has 1 aliphatic rings. The summed E-state index contributed by atoms with van der Waals surface area (Å²) in [6.45, 7) is 4.47. The van der Waals surface area contributed by atoms with E-state index in [0.717, 1.165) is 10.3 Å². The summed E-state index contributed by atoms with van der Waals surface area (Å²) in [6.07, 6.45) is 2.94. The van der Waals surface area contributed by atoms with E-state index in [4.69, 9.17) is 11.6 Å². The van der Waals surface area contributed by atoms with E-state index in [1.807, 2.05) is 6.07 Å². The lowest BCUT2D eigenvalue weighted by Gasteiger charge is -2.08. The van der Waals surface area contributed by atoms with Gasteiger partial charge in [0.2, 0.25) is 0 Å². The van der Waals surface area contributed by atoms with Crippen molar-refractivity contribution in [2.24, 2.45) is 5.41 Å². The summed E-state index contributed by atoms with van der Waals surface area (Å²) in [7, 11) is 0. The molecule has 0 aromatic carbocycles. The molecule has 0 saturated heterocycles. The van der Waals surface area contributed by atoms with Gasteiger partial charge in [-0.1, -0.05) is 25.4 Å². The van der Waals surface area contributed by atoms with Crippen molar-refractivity contribution in [1.82, 2.24) is 4.98 Å². The molecule has 14 heavy (non-hydrogen) atoms. The maximum absolute atomic E-state index is 6.04. The molecule has 0 radical (unpaired) electrons. The van der Waals surface area contributed by atoms with Crippen molar-refractivity contribution in [2.45, 2.75) is 26.3 Å². The first-order valence-corrected chi connectivity index (χ1v) is 5.74. The number of rotatable bonds is 2. The minimum atomic E-state index is 0.387. The van der Waals surface area contributed by atoms with Gasteiger partial charge in [0.15, 0.2) is 0 Å². The van der Waals surface area contributed by atoms with Crippen LogP contribution in [-0.4, -0.2) is 11.0 Å². The molecule has 0 spiro atoms. The third-order valence-electron chi connectivity index (χ3n) is 2.63. The Morgan fingerprint density at radius 2 is 2.29 bits per heavy atom. The Hall–Kier alpha value is -0.280. The number of anilines is 1. The van der Waals surface area contributed by atoms with E-state index in [1.165, 1.54) is 6.42 Å². The van der Waals surface area contributed by atoms with E-state index in [1.54, 1.807) is 6.20 Å². The number of halogens is 2. The third kappa shape index (κ3) is 2.04. The molecule has 1 aliphatic carbocycles. The van der Waals surface area contributed by atoms with Crippen LogP contribution >= 0.6 is 27.5 Å². The van der Waals surface area contributed by atoms with Crippen LogP contribution in [0.2, 0.25) is 5.02 Å². The molecule has 4 heteroatoms. The summed E-state index contributed by atoms with van der Waals surface area (Å²) in [6, 6.07) is 2.36. The Kier molecular flexibility index (Phi) is 2.48. The highest BCUT2D eigenvalue weighted by atomic mass is 79.9. The summed E-state index contributed by atoms with van der Waals surface area (Å²) in [5.74, 6) is 0.783. The molecule has 1 N–H and O–H groups in total.